The number of nitrogens with one attached hydrogen (secondary N) is 1. The first-order chi connectivity index (χ1) is 7.25. The lowest BCUT2D eigenvalue weighted by atomic mass is 10.1. The molecule has 0 saturated carbocycles. The molecular formula is C12H13ClN2. The topological polar surface area (TPSA) is 28.7 Å². The van der Waals surface area contributed by atoms with Crippen LogP contribution in [0.2, 0.25) is 0 Å². The van der Waals surface area contributed by atoms with Crippen LogP contribution < -0.4 is 0 Å². The number of alkyl halides is 1. The minimum Gasteiger partial charge on any atom is -0.349 e. The Morgan fingerprint density at radius 3 is 3.00 bits per heavy atom. The summed E-state index contributed by atoms with van der Waals surface area (Å²) in [5.74, 6) is 0.927. The lowest BCUT2D eigenvalue weighted by Crippen LogP contribution is -1.97. The maximum absolute atomic E-state index is 6.31. The van der Waals surface area contributed by atoms with Gasteiger partial charge in [0.1, 0.15) is 5.82 Å². The fourth-order valence-electron chi connectivity index (χ4n) is 1.56. The summed E-state index contributed by atoms with van der Waals surface area (Å²) in [6.07, 6.45) is 4.29. The van der Waals surface area contributed by atoms with E-state index in [2.05, 4.69) is 29.0 Å². The van der Waals surface area contributed by atoms with Crippen LogP contribution in [0.3, 0.4) is 0 Å². The van der Waals surface area contributed by atoms with Crippen LogP contribution in [0.5, 0.6) is 0 Å². The first-order valence-corrected chi connectivity index (χ1v) is 5.38. The Balaban J connectivity index is 2.11. The van der Waals surface area contributed by atoms with Crippen molar-refractivity contribution in [3.8, 4) is 0 Å². The predicted molar refractivity (Wildman–Crippen MR) is 62.1 cm³/mol. The van der Waals surface area contributed by atoms with Crippen LogP contribution in [-0.4, -0.2) is 9.97 Å². The summed E-state index contributed by atoms with van der Waals surface area (Å²) in [5.41, 5.74) is 2.38. The quantitative estimate of drug-likeness (QED) is 0.791. The molecule has 0 spiro atoms. The van der Waals surface area contributed by atoms with E-state index in [9.17, 15) is 0 Å². The normalized spacial score (nSPS) is 12.7. The lowest BCUT2D eigenvalue weighted by molar-refractivity contribution is 0.854. The SMILES string of the molecule is Cc1cccc(C(Cl)Cc2ncc[nH]2)c1. The van der Waals surface area contributed by atoms with E-state index in [1.54, 1.807) is 6.20 Å². The van der Waals surface area contributed by atoms with Crippen molar-refractivity contribution >= 4 is 11.6 Å². The Bertz CT molecular complexity index is 423. The van der Waals surface area contributed by atoms with Gasteiger partial charge in [0.2, 0.25) is 0 Å². The summed E-state index contributed by atoms with van der Waals surface area (Å²) in [5, 5.41) is -0.0175. The summed E-state index contributed by atoms with van der Waals surface area (Å²) in [7, 11) is 0. The van der Waals surface area contributed by atoms with Gasteiger partial charge in [-0.05, 0) is 12.5 Å². The molecule has 0 aliphatic carbocycles. The average Bonchev–Trinajstić information content (AvgIpc) is 2.70. The standard InChI is InChI=1S/C12H13ClN2/c1-9-3-2-4-10(7-9)11(13)8-12-14-5-6-15-12/h2-7,11H,8H2,1H3,(H,14,15). The summed E-state index contributed by atoms with van der Waals surface area (Å²) in [6, 6.07) is 8.26. The summed E-state index contributed by atoms with van der Waals surface area (Å²) in [4.78, 5) is 7.22. The molecule has 1 aromatic heterocycles. The molecule has 78 valence electrons. The second-order valence-electron chi connectivity index (χ2n) is 3.62. The van der Waals surface area contributed by atoms with E-state index < -0.39 is 0 Å². The molecule has 1 atom stereocenters. The molecule has 2 aromatic rings. The maximum atomic E-state index is 6.31. The van der Waals surface area contributed by atoms with Gasteiger partial charge in [-0.3, -0.25) is 0 Å². The van der Waals surface area contributed by atoms with Gasteiger partial charge in [-0.2, -0.15) is 0 Å². The summed E-state index contributed by atoms with van der Waals surface area (Å²) in [6.45, 7) is 2.07. The number of aromatic amines is 1. The lowest BCUT2D eigenvalue weighted by Gasteiger charge is -2.08. The molecular weight excluding hydrogens is 208 g/mol. The maximum Gasteiger partial charge on any atom is 0.107 e. The van der Waals surface area contributed by atoms with Crippen molar-refractivity contribution in [2.45, 2.75) is 18.7 Å². The van der Waals surface area contributed by atoms with Crippen molar-refractivity contribution in [3.63, 3.8) is 0 Å². The molecule has 1 unspecified atom stereocenters. The number of imidazole rings is 1. The molecule has 0 radical (unpaired) electrons. The van der Waals surface area contributed by atoms with E-state index in [-0.39, 0.29) is 5.38 Å². The highest BCUT2D eigenvalue weighted by Crippen LogP contribution is 2.24. The number of halogens is 1. The minimum atomic E-state index is -0.0175. The number of aryl methyl sites for hydroxylation is 1. The molecule has 0 fully saturated rings. The van der Waals surface area contributed by atoms with Crippen molar-refractivity contribution < 1.29 is 0 Å². The largest absolute Gasteiger partial charge is 0.349 e. The van der Waals surface area contributed by atoms with E-state index in [4.69, 9.17) is 11.6 Å². The Hall–Kier alpha value is -1.28. The third-order valence-electron chi connectivity index (χ3n) is 2.33. The molecule has 2 rings (SSSR count). The van der Waals surface area contributed by atoms with Gasteiger partial charge in [-0.25, -0.2) is 4.98 Å². The van der Waals surface area contributed by atoms with Crippen LogP contribution in [-0.2, 0) is 6.42 Å². The number of H-pyrrole nitrogens is 1. The molecule has 2 nitrogen and oxygen atoms in total. The molecule has 1 aromatic carbocycles. The zero-order chi connectivity index (χ0) is 10.7. The number of hydrogen-bond donors (Lipinski definition) is 1. The predicted octanol–water partition coefficient (Wildman–Crippen LogP) is 3.24. The highest BCUT2D eigenvalue weighted by atomic mass is 35.5. The first kappa shape index (κ1) is 10.2. The molecule has 0 aliphatic rings. The van der Waals surface area contributed by atoms with Gasteiger partial charge in [-0.1, -0.05) is 29.8 Å². The Morgan fingerprint density at radius 1 is 1.47 bits per heavy atom. The number of nitrogens with zero attached hydrogens (tertiary/aromatic N) is 1. The Labute approximate surface area is 94.3 Å². The van der Waals surface area contributed by atoms with Gasteiger partial charge >= 0.3 is 0 Å². The van der Waals surface area contributed by atoms with Crippen LogP contribution in [0.25, 0.3) is 0 Å². The molecule has 0 saturated heterocycles. The van der Waals surface area contributed by atoms with E-state index in [0.29, 0.717) is 0 Å². The highest BCUT2D eigenvalue weighted by molar-refractivity contribution is 6.20. The van der Waals surface area contributed by atoms with Gasteiger partial charge in [0.15, 0.2) is 0 Å². The number of hydrogen-bond acceptors (Lipinski definition) is 1. The summed E-state index contributed by atoms with van der Waals surface area (Å²) >= 11 is 6.31. The molecule has 0 amide bonds. The van der Waals surface area contributed by atoms with Gasteiger partial charge in [-0.15, -0.1) is 11.6 Å². The van der Waals surface area contributed by atoms with Crippen molar-refractivity contribution in [2.24, 2.45) is 0 Å². The molecule has 3 heteroatoms. The van der Waals surface area contributed by atoms with Gasteiger partial charge in [0, 0.05) is 18.8 Å². The van der Waals surface area contributed by atoms with Gasteiger partial charge in [0.25, 0.3) is 0 Å². The fraction of sp³-hybridized carbons (Fsp3) is 0.250. The van der Waals surface area contributed by atoms with Crippen molar-refractivity contribution in [1.82, 2.24) is 9.97 Å². The minimum absolute atomic E-state index is 0.0175. The number of benzene rings is 1. The first-order valence-electron chi connectivity index (χ1n) is 4.94. The zero-order valence-electron chi connectivity index (χ0n) is 8.57. The highest BCUT2D eigenvalue weighted by Gasteiger charge is 2.09. The van der Waals surface area contributed by atoms with E-state index >= 15 is 0 Å². The van der Waals surface area contributed by atoms with Crippen molar-refractivity contribution in [3.05, 3.63) is 53.6 Å². The van der Waals surface area contributed by atoms with Crippen molar-refractivity contribution in [2.75, 3.05) is 0 Å². The van der Waals surface area contributed by atoms with Crippen molar-refractivity contribution in [1.29, 1.82) is 0 Å². The van der Waals surface area contributed by atoms with Gasteiger partial charge in [0.05, 0.1) is 5.38 Å². The Kier molecular flexibility index (Phi) is 3.07. The second-order valence-corrected chi connectivity index (χ2v) is 4.15. The molecule has 0 bridgehead atoms. The van der Waals surface area contributed by atoms with E-state index in [0.717, 1.165) is 17.8 Å². The van der Waals surface area contributed by atoms with Crippen LogP contribution in [0.1, 0.15) is 22.3 Å². The summed E-state index contributed by atoms with van der Waals surface area (Å²) < 4.78 is 0. The fourth-order valence-corrected chi connectivity index (χ4v) is 1.84. The average molecular weight is 221 g/mol. The smallest absolute Gasteiger partial charge is 0.107 e. The molecule has 1 N–H and O–H groups in total. The van der Waals surface area contributed by atoms with Crippen LogP contribution >= 0.6 is 11.6 Å². The van der Waals surface area contributed by atoms with Gasteiger partial charge < -0.3 is 4.98 Å². The molecule has 1 heterocycles. The molecule has 15 heavy (non-hydrogen) atoms. The van der Waals surface area contributed by atoms with Crippen LogP contribution in [0, 0.1) is 6.92 Å². The number of rotatable bonds is 3. The molecule has 0 aliphatic heterocycles. The number of aromatic nitrogens is 2. The van der Waals surface area contributed by atoms with E-state index in [1.807, 2.05) is 18.3 Å². The van der Waals surface area contributed by atoms with Crippen LogP contribution in [0.4, 0.5) is 0 Å². The van der Waals surface area contributed by atoms with E-state index in [1.165, 1.54) is 5.56 Å². The monoisotopic (exact) mass is 220 g/mol. The second kappa shape index (κ2) is 4.49. The Morgan fingerprint density at radius 2 is 2.33 bits per heavy atom. The van der Waals surface area contributed by atoms with Crippen LogP contribution in [0.15, 0.2) is 36.7 Å². The third kappa shape index (κ3) is 2.60. The zero-order valence-corrected chi connectivity index (χ0v) is 9.33. The third-order valence-corrected chi connectivity index (χ3v) is 2.74.